The lowest BCUT2D eigenvalue weighted by Crippen LogP contribution is -2.27. The van der Waals surface area contributed by atoms with Crippen molar-refractivity contribution < 1.29 is 0 Å². The summed E-state index contributed by atoms with van der Waals surface area (Å²) in [5.41, 5.74) is 8.94. The summed E-state index contributed by atoms with van der Waals surface area (Å²) in [5.74, 6) is 0. The fraction of sp³-hybridized carbons (Fsp3) is 0.538. The number of hydrogen-bond donors (Lipinski definition) is 1. The lowest BCUT2D eigenvalue weighted by Gasteiger charge is -2.26. The Hall–Kier alpha value is -0.860. The maximum atomic E-state index is 6.16. The van der Waals surface area contributed by atoms with Crippen molar-refractivity contribution in [1.82, 2.24) is 4.90 Å². The molecule has 0 radical (unpaired) electrons. The molecule has 0 heterocycles. The van der Waals surface area contributed by atoms with Gasteiger partial charge in [0.25, 0.3) is 0 Å². The third-order valence-corrected chi connectivity index (χ3v) is 3.48. The van der Waals surface area contributed by atoms with Gasteiger partial charge in [0.15, 0.2) is 0 Å². The van der Waals surface area contributed by atoms with E-state index in [1.54, 1.807) is 0 Å². The molecule has 1 aromatic carbocycles. The molecule has 0 saturated heterocycles. The van der Waals surface area contributed by atoms with Gasteiger partial charge in [0.2, 0.25) is 0 Å². The molecule has 15 heavy (non-hydrogen) atoms. The maximum absolute atomic E-state index is 6.16. The van der Waals surface area contributed by atoms with Crippen molar-refractivity contribution in [3.8, 4) is 0 Å². The third-order valence-electron chi connectivity index (χ3n) is 3.48. The summed E-state index contributed by atoms with van der Waals surface area (Å²) < 4.78 is 0. The molecule has 0 bridgehead atoms. The molecule has 2 heteroatoms. The van der Waals surface area contributed by atoms with Gasteiger partial charge in [-0.15, -0.1) is 0 Å². The zero-order valence-corrected chi connectivity index (χ0v) is 9.61. The molecule has 0 aromatic heterocycles. The summed E-state index contributed by atoms with van der Waals surface area (Å²) in [5, 5.41) is 0. The molecule has 0 amide bonds. The summed E-state index contributed by atoms with van der Waals surface area (Å²) in [6.07, 6.45) is 1.07. The Morgan fingerprint density at radius 1 is 1.20 bits per heavy atom. The van der Waals surface area contributed by atoms with Crippen molar-refractivity contribution in [2.24, 2.45) is 5.73 Å². The minimum absolute atomic E-state index is 0.229. The molecule has 2 unspecified atom stereocenters. The molecular formula is C13H20N2. The summed E-state index contributed by atoms with van der Waals surface area (Å²) >= 11 is 0. The highest BCUT2D eigenvalue weighted by Gasteiger charge is 2.30. The van der Waals surface area contributed by atoms with E-state index in [1.807, 2.05) is 0 Å². The van der Waals surface area contributed by atoms with Crippen LogP contribution in [0.4, 0.5) is 0 Å². The first-order valence-corrected chi connectivity index (χ1v) is 5.86. The minimum atomic E-state index is 0.229. The molecule has 82 valence electrons. The van der Waals surface area contributed by atoms with Crippen LogP contribution in [0.25, 0.3) is 0 Å². The van der Waals surface area contributed by atoms with Crippen LogP contribution in [-0.2, 0) is 0 Å². The Morgan fingerprint density at radius 2 is 1.80 bits per heavy atom. The normalized spacial score (nSPS) is 24.5. The van der Waals surface area contributed by atoms with Crippen LogP contribution in [-0.4, -0.2) is 18.0 Å². The van der Waals surface area contributed by atoms with Gasteiger partial charge in [0.05, 0.1) is 0 Å². The van der Waals surface area contributed by atoms with Crippen LogP contribution >= 0.6 is 0 Å². The Kier molecular flexibility index (Phi) is 3.08. The second kappa shape index (κ2) is 4.33. The van der Waals surface area contributed by atoms with E-state index in [1.165, 1.54) is 11.1 Å². The fourth-order valence-corrected chi connectivity index (χ4v) is 2.66. The van der Waals surface area contributed by atoms with Gasteiger partial charge >= 0.3 is 0 Å². The van der Waals surface area contributed by atoms with Crippen molar-refractivity contribution >= 4 is 0 Å². The lowest BCUT2D eigenvalue weighted by atomic mass is 10.1. The number of fused-ring (bicyclic) bond motifs is 1. The van der Waals surface area contributed by atoms with Crippen molar-refractivity contribution in [2.75, 3.05) is 13.1 Å². The first-order chi connectivity index (χ1) is 7.27. The van der Waals surface area contributed by atoms with Crippen molar-refractivity contribution in [3.63, 3.8) is 0 Å². The molecule has 2 atom stereocenters. The van der Waals surface area contributed by atoms with E-state index in [0.29, 0.717) is 6.04 Å². The molecule has 0 saturated carbocycles. The van der Waals surface area contributed by atoms with Gasteiger partial charge in [-0.25, -0.2) is 0 Å². The van der Waals surface area contributed by atoms with Crippen molar-refractivity contribution in [2.45, 2.75) is 32.4 Å². The number of benzene rings is 1. The van der Waals surface area contributed by atoms with E-state index in [2.05, 4.69) is 43.0 Å². The van der Waals surface area contributed by atoms with E-state index < -0.39 is 0 Å². The van der Waals surface area contributed by atoms with Gasteiger partial charge in [-0.1, -0.05) is 38.1 Å². The van der Waals surface area contributed by atoms with E-state index in [-0.39, 0.29) is 6.04 Å². The van der Waals surface area contributed by atoms with E-state index >= 15 is 0 Å². The topological polar surface area (TPSA) is 29.3 Å². The predicted octanol–water partition coefficient (Wildman–Crippen LogP) is 2.47. The molecule has 0 aliphatic heterocycles. The number of rotatable bonds is 3. The molecule has 1 aliphatic rings. The first kappa shape index (κ1) is 10.7. The van der Waals surface area contributed by atoms with Crippen molar-refractivity contribution in [3.05, 3.63) is 35.4 Å². The summed E-state index contributed by atoms with van der Waals surface area (Å²) in [6, 6.07) is 9.36. The second-order valence-corrected chi connectivity index (χ2v) is 4.21. The van der Waals surface area contributed by atoms with Gasteiger partial charge in [-0.2, -0.15) is 0 Å². The Labute approximate surface area is 92.1 Å². The van der Waals surface area contributed by atoms with E-state index in [9.17, 15) is 0 Å². The number of nitrogens with two attached hydrogens (primary N) is 1. The quantitative estimate of drug-likeness (QED) is 0.819. The zero-order valence-electron chi connectivity index (χ0n) is 9.61. The molecule has 2 rings (SSSR count). The lowest BCUT2D eigenvalue weighted by molar-refractivity contribution is 0.213. The Bertz CT molecular complexity index is 331. The maximum Gasteiger partial charge on any atom is 0.0369 e. The monoisotopic (exact) mass is 204 g/mol. The predicted molar refractivity (Wildman–Crippen MR) is 63.6 cm³/mol. The van der Waals surface area contributed by atoms with Gasteiger partial charge < -0.3 is 5.73 Å². The van der Waals surface area contributed by atoms with Gasteiger partial charge in [-0.3, -0.25) is 4.90 Å². The van der Waals surface area contributed by atoms with Crippen LogP contribution in [0.15, 0.2) is 24.3 Å². The van der Waals surface area contributed by atoms with Crippen LogP contribution in [0, 0.1) is 0 Å². The molecule has 1 aromatic rings. The zero-order chi connectivity index (χ0) is 10.8. The minimum Gasteiger partial charge on any atom is -0.324 e. The smallest absolute Gasteiger partial charge is 0.0369 e. The molecule has 0 spiro atoms. The van der Waals surface area contributed by atoms with Crippen LogP contribution in [0.2, 0.25) is 0 Å². The highest BCUT2D eigenvalue weighted by molar-refractivity contribution is 5.37. The fourth-order valence-electron chi connectivity index (χ4n) is 2.66. The highest BCUT2D eigenvalue weighted by Crippen LogP contribution is 2.40. The molecule has 2 nitrogen and oxygen atoms in total. The number of nitrogens with zero attached hydrogens (tertiary/aromatic N) is 1. The van der Waals surface area contributed by atoms with E-state index in [0.717, 1.165) is 19.5 Å². The SMILES string of the molecule is CCN(CC)C1CC(N)c2ccccc21. The second-order valence-electron chi connectivity index (χ2n) is 4.21. The van der Waals surface area contributed by atoms with Gasteiger partial charge in [0.1, 0.15) is 0 Å². The average molecular weight is 204 g/mol. The van der Waals surface area contributed by atoms with Crippen LogP contribution < -0.4 is 5.73 Å². The average Bonchev–Trinajstić information content (AvgIpc) is 2.60. The summed E-state index contributed by atoms with van der Waals surface area (Å²) in [4.78, 5) is 2.49. The van der Waals surface area contributed by atoms with Crippen molar-refractivity contribution in [1.29, 1.82) is 0 Å². The largest absolute Gasteiger partial charge is 0.324 e. The van der Waals surface area contributed by atoms with Crippen LogP contribution in [0.3, 0.4) is 0 Å². The summed E-state index contributed by atoms with van der Waals surface area (Å²) in [7, 11) is 0. The Morgan fingerprint density at radius 3 is 2.40 bits per heavy atom. The van der Waals surface area contributed by atoms with Crippen LogP contribution in [0.1, 0.15) is 43.5 Å². The third kappa shape index (κ3) is 1.80. The van der Waals surface area contributed by atoms with E-state index in [4.69, 9.17) is 5.73 Å². The molecule has 0 fully saturated rings. The van der Waals surface area contributed by atoms with Gasteiger partial charge in [0, 0.05) is 12.1 Å². The molecular weight excluding hydrogens is 184 g/mol. The molecule has 2 N–H and O–H groups in total. The summed E-state index contributed by atoms with van der Waals surface area (Å²) in [6.45, 7) is 6.64. The Balaban J connectivity index is 2.31. The first-order valence-electron chi connectivity index (χ1n) is 5.86. The van der Waals surface area contributed by atoms with Gasteiger partial charge in [-0.05, 0) is 30.6 Å². The standard InChI is InChI=1S/C13H20N2/c1-3-15(4-2)13-9-12(14)10-7-5-6-8-11(10)13/h5-8,12-13H,3-4,9,14H2,1-2H3. The molecule has 1 aliphatic carbocycles. The number of hydrogen-bond acceptors (Lipinski definition) is 2. The van der Waals surface area contributed by atoms with Crippen LogP contribution in [0.5, 0.6) is 0 Å². The highest BCUT2D eigenvalue weighted by atomic mass is 15.2.